The van der Waals surface area contributed by atoms with Gasteiger partial charge >= 0.3 is 6.18 Å². The van der Waals surface area contributed by atoms with Gasteiger partial charge in [0.15, 0.2) is 0 Å². The summed E-state index contributed by atoms with van der Waals surface area (Å²) in [5.74, 6) is -0.163. The highest BCUT2D eigenvalue weighted by Crippen LogP contribution is 2.29. The van der Waals surface area contributed by atoms with Gasteiger partial charge in [0.25, 0.3) is 0 Å². The number of anilines is 2. The molecule has 0 unspecified atom stereocenters. The van der Waals surface area contributed by atoms with E-state index in [0.29, 0.717) is 12.1 Å². The van der Waals surface area contributed by atoms with E-state index in [1.165, 1.54) is 18.2 Å². The third kappa shape index (κ3) is 8.08. The number of rotatable bonds is 9. The summed E-state index contributed by atoms with van der Waals surface area (Å²) < 4.78 is 38.9. The van der Waals surface area contributed by atoms with Crippen LogP contribution in [0.4, 0.5) is 24.5 Å². The van der Waals surface area contributed by atoms with Gasteiger partial charge in [0.05, 0.1) is 5.56 Å². The third-order valence-electron chi connectivity index (χ3n) is 7.79. The van der Waals surface area contributed by atoms with E-state index in [2.05, 4.69) is 25.8 Å². The Kier molecular flexibility index (Phi) is 9.51. The first-order valence-electron chi connectivity index (χ1n) is 14.3. The second-order valence-electron chi connectivity index (χ2n) is 10.7. The number of carbonyl (C=O) groups excluding carboxylic acids is 1. The van der Waals surface area contributed by atoms with Crippen LogP contribution < -0.4 is 4.90 Å². The lowest BCUT2D eigenvalue weighted by molar-refractivity contribution is -0.137. The van der Waals surface area contributed by atoms with Crippen LogP contribution in [0.3, 0.4) is 0 Å². The molecule has 1 amide bonds. The first kappa shape index (κ1) is 30.0. The van der Waals surface area contributed by atoms with Crippen molar-refractivity contribution in [3.05, 3.63) is 126 Å². The number of nitrogens with zero attached hydrogens (tertiary/aromatic N) is 5. The molecule has 9 heteroatoms. The van der Waals surface area contributed by atoms with E-state index in [9.17, 15) is 18.0 Å². The standard InChI is InChI=1S/C34H34F3N5O/c1-40(31-14-19-38-20-15-31)30-11-6-27(7-12-30)25-42(32-16-21-41(22-17-32)24-28-3-2-18-39-23-28)33(43)13-8-26-4-9-29(10-5-26)34(35,36)37/h2-15,18-20,23,32H,16-17,21-22,24-25H2,1H3/b13-8+. The molecule has 0 aliphatic carbocycles. The van der Waals surface area contributed by atoms with Crippen molar-refractivity contribution in [2.24, 2.45) is 0 Å². The van der Waals surface area contributed by atoms with Crippen molar-refractivity contribution in [3.63, 3.8) is 0 Å². The molecule has 1 aliphatic rings. The van der Waals surface area contributed by atoms with E-state index in [0.717, 1.165) is 67.1 Å². The molecule has 1 saturated heterocycles. The summed E-state index contributed by atoms with van der Waals surface area (Å²) in [5, 5.41) is 0. The van der Waals surface area contributed by atoms with Crippen LogP contribution in [-0.2, 0) is 24.1 Å². The van der Waals surface area contributed by atoms with E-state index >= 15 is 0 Å². The summed E-state index contributed by atoms with van der Waals surface area (Å²) in [4.78, 5) is 28.2. The Balaban J connectivity index is 1.30. The van der Waals surface area contributed by atoms with Crippen molar-refractivity contribution < 1.29 is 18.0 Å². The number of carbonyl (C=O) groups is 1. The van der Waals surface area contributed by atoms with Gasteiger partial charge in [-0.25, -0.2) is 0 Å². The minimum Gasteiger partial charge on any atom is -0.345 e. The number of amides is 1. The normalized spacial score (nSPS) is 14.6. The zero-order valence-corrected chi connectivity index (χ0v) is 24.0. The van der Waals surface area contributed by atoms with Crippen LogP contribution in [0.25, 0.3) is 6.08 Å². The quantitative estimate of drug-likeness (QED) is 0.199. The molecule has 6 nitrogen and oxygen atoms in total. The lowest BCUT2D eigenvalue weighted by Gasteiger charge is -2.38. The molecule has 2 aromatic carbocycles. The van der Waals surface area contributed by atoms with Crippen LogP contribution in [0.15, 0.2) is 104 Å². The van der Waals surface area contributed by atoms with E-state index in [-0.39, 0.29) is 11.9 Å². The van der Waals surface area contributed by atoms with E-state index < -0.39 is 11.7 Å². The van der Waals surface area contributed by atoms with Crippen molar-refractivity contribution in [3.8, 4) is 0 Å². The summed E-state index contributed by atoms with van der Waals surface area (Å²) >= 11 is 0. The molecule has 3 heterocycles. The first-order chi connectivity index (χ1) is 20.8. The molecule has 0 spiro atoms. The third-order valence-corrected chi connectivity index (χ3v) is 7.79. The topological polar surface area (TPSA) is 52.6 Å². The average molecular weight is 586 g/mol. The molecule has 5 rings (SSSR count). The van der Waals surface area contributed by atoms with Crippen molar-refractivity contribution in [1.82, 2.24) is 19.8 Å². The molecule has 1 aliphatic heterocycles. The molecule has 222 valence electrons. The Morgan fingerprint density at radius 2 is 1.56 bits per heavy atom. The zero-order chi connectivity index (χ0) is 30.2. The molecule has 43 heavy (non-hydrogen) atoms. The minimum absolute atomic E-state index is 0.0362. The summed E-state index contributed by atoms with van der Waals surface area (Å²) in [7, 11) is 1.99. The van der Waals surface area contributed by atoms with Crippen molar-refractivity contribution in [2.75, 3.05) is 25.0 Å². The summed E-state index contributed by atoms with van der Waals surface area (Å²) in [5.41, 5.74) is 4.01. The highest BCUT2D eigenvalue weighted by atomic mass is 19.4. The molecule has 0 N–H and O–H groups in total. The Labute approximate surface area is 250 Å². The number of halogens is 3. The lowest BCUT2D eigenvalue weighted by atomic mass is 10.0. The predicted octanol–water partition coefficient (Wildman–Crippen LogP) is 6.97. The number of piperidine rings is 1. The molecular formula is C34H34F3N5O. The van der Waals surface area contributed by atoms with Gasteiger partial charge in [-0.1, -0.05) is 30.3 Å². The lowest BCUT2D eigenvalue weighted by Crippen LogP contribution is -2.46. The fraction of sp³-hybridized carbons (Fsp3) is 0.265. The van der Waals surface area contributed by atoms with Gasteiger partial charge in [0.1, 0.15) is 0 Å². The number of hydrogen-bond acceptors (Lipinski definition) is 5. The van der Waals surface area contributed by atoms with Crippen LogP contribution in [-0.4, -0.2) is 51.9 Å². The second-order valence-corrected chi connectivity index (χ2v) is 10.7. The maximum absolute atomic E-state index is 13.6. The van der Waals surface area contributed by atoms with Crippen LogP contribution in [0.5, 0.6) is 0 Å². The highest BCUT2D eigenvalue weighted by molar-refractivity contribution is 5.92. The minimum atomic E-state index is -4.40. The van der Waals surface area contributed by atoms with Gasteiger partial charge in [-0.3, -0.25) is 19.7 Å². The van der Waals surface area contributed by atoms with Crippen LogP contribution >= 0.6 is 0 Å². The first-order valence-corrected chi connectivity index (χ1v) is 14.3. The van der Waals surface area contributed by atoms with Gasteiger partial charge in [-0.2, -0.15) is 13.2 Å². The Bertz CT molecular complexity index is 1490. The molecule has 0 radical (unpaired) electrons. The number of hydrogen-bond donors (Lipinski definition) is 0. The van der Waals surface area contributed by atoms with Gasteiger partial charge in [0.2, 0.25) is 5.91 Å². The summed E-state index contributed by atoms with van der Waals surface area (Å²) in [6, 6.07) is 20.9. The number of alkyl halides is 3. The molecular weight excluding hydrogens is 551 g/mol. The number of likely N-dealkylation sites (tertiary alicyclic amines) is 1. The van der Waals surface area contributed by atoms with Crippen molar-refractivity contribution in [1.29, 1.82) is 0 Å². The van der Waals surface area contributed by atoms with Crippen LogP contribution in [0.2, 0.25) is 0 Å². The molecule has 0 atom stereocenters. The highest BCUT2D eigenvalue weighted by Gasteiger charge is 2.30. The summed E-state index contributed by atoms with van der Waals surface area (Å²) in [6.45, 7) is 2.95. The molecule has 0 bridgehead atoms. The van der Waals surface area contributed by atoms with Gasteiger partial charge in [0, 0.05) is 81.5 Å². The van der Waals surface area contributed by atoms with Crippen LogP contribution in [0.1, 0.15) is 35.1 Å². The largest absolute Gasteiger partial charge is 0.416 e. The molecule has 4 aromatic rings. The van der Waals surface area contributed by atoms with Gasteiger partial charge in [-0.05, 0) is 78.1 Å². The Morgan fingerprint density at radius 3 is 2.19 bits per heavy atom. The maximum Gasteiger partial charge on any atom is 0.416 e. The van der Waals surface area contributed by atoms with Gasteiger partial charge < -0.3 is 9.80 Å². The van der Waals surface area contributed by atoms with E-state index in [4.69, 9.17) is 0 Å². The van der Waals surface area contributed by atoms with Crippen molar-refractivity contribution >= 4 is 23.4 Å². The number of aromatic nitrogens is 2. The smallest absolute Gasteiger partial charge is 0.345 e. The summed E-state index contributed by atoms with van der Waals surface area (Å²) in [6.07, 6.45) is 7.45. The fourth-order valence-electron chi connectivity index (χ4n) is 5.31. The monoisotopic (exact) mass is 585 g/mol. The maximum atomic E-state index is 13.6. The predicted molar refractivity (Wildman–Crippen MR) is 162 cm³/mol. The zero-order valence-electron chi connectivity index (χ0n) is 24.0. The van der Waals surface area contributed by atoms with Crippen molar-refractivity contribution in [2.45, 2.75) is 38.1 Å². The second kappa shape index (κ2) is 13.6. The fourth-order valence-corrected chi connectivity index (χ4v) is 5.31. The molecule has 1 fully saturated rings. The SMILES string of the molecule is CN(c1ccncc1)c1ccc(CN(C(=O)/C=C/c2ccc(C(F)(F)F)cc2)C2CCN(Cc3cccnc3)CC2)cc1. The molecule has 2 aromatic heterocycles. The Morgan fingerprint density at radius 1 is 0.884 bits per heavy atom. The van der Waals surface area contributed by atoms with Crippen LogP contribution in [0, 0.1) is 0 Å². The number of benzene rings is 2. The van der Waals surface area contributed by atoms with E-state index in [1.807, 2.05) is 60.6 Å². The Hall–Kier alpha value is -4.50. The van der Waals surface area contributed by atoms with E-state index in [1.54, 1.807) is 24.7 Å². The molecule has 0 saturated carbocycles. The van der Waals surface area contributed by atoms with Gasteiger partial charge in [-0.15, -0.1) is 0 Å². The average Bonchev–Trinajstić information content (AvgIpc) is 3.03. The number of pyridine rings is 2.